The molecule has 2 amide bonds. The van der Waals surface area contributed by atoms with E-state index in [1.807, 2.05) is 0 Å². The third-order valence-corrected chi connectivity index (χ3v) is 4.56. The summed E-state index contributed by atoms with van der Waals surface area (Å²) >= 11 is 11.1. The highest BCUT2D eigenvalue weighted by Crippen LogP contribution is 2.27. The number of amides is 2. The highest BCUT2D eigenvalue weighted by Gasteiger charge is 2.34. The summed E-state index contributed by atoms with van der Waals surface area (Å²) in [6.07, 6.45) is 3.47. The van der Waals surface area contributed by atoms with E-state index < -0.39 is 11.8 Å². The van der Waals surface area contributed by atoms with E-state index in [-0.39, 0.29) is 16.4 Å². The van der Waals surface area contributed by atoms with Gasteiger partial charge in [-0.2, -0.15) is 0 Å². The fourth-order valence-electron chi connectivity index (χ4n) is 2.73. The molecule has 0 saturated carbocycles. The monoisotopic (exact) mass is 398 g/mol. The molecule has 1 aliphatic rings. The Hall–Kier alpha value is -2.96. The van der Waals surface area contributed by atoms with Gasteiger partial charge in [0.15, 0.2) is 5.11 Å². The normalized spacial score (nSPS) is 15.8. The van der Waals surface area contributed by atoms with E-state index in [0.29, 0.717) is 28.3 Å². The van der Waals surface area contributed by atoms with Crippen molar-refractivity contribution >= 4 is 52.5 Å². The molecule has 0 radical (unpaired) electrons. The third-order valence-electron chi connectivity index (χ3n) is 4.02. The van der Waals surface area contributed by atoms with E-state index in [2.05, 4.69) is 11.9 Å². The van der Waals surface area contributed by atoms with Crippen LogP contribution in [0, 0.1) is 0 Å². The number of hydrogen-bond acceptors (Lipinski definition) is 4. The van der Waals surface area contributed by atoms with Crippen molar-refractivity contribution in [2.24, 2.45) is 0 Å². The molecule has 0 bridgehead atoms. The van der Waals surface area contributed by atoms with Crippen LogP contribution in [0.1, 0.15) is 11.1 Å². The molecule has 3 rings (SSSR count). The second kappa shape index (κ2) is 7.73. The van der Waals surface area contributed by atoms with Crippen LogP contribution in [0.5, 0.6) is 5.75 Å². The smallest absolute Gasteiger partial charge is 0.270 e. The molecular formula is C20H15ClN2O3S. The van der Waals surface area contributed by atoms with E-state index >= 15 is 0 Å². The molecule has 2 N–H and O–H groups in total. The van der Waals surface area contributed by atoms with Crippen LogP contribution >= 0.6 is 23.8 Å². The van der Waals surface area contributed by atoms with E-state index in [1.165, 1.54) is 11.0 Å². The highest BCUT2D eigenvalue weighted by atomic mass is 35.5. The molecule has 0 atom stereocenters. The van der Waals surface area contributed by atoms with Gasteiger partial charge in [-0.15, -0.1) is 6.58 Å². The maximum Gasteiger partial charge on any atom is 0.270 e. The van der Waals surface area contributed by atoms with Gasteiger partial charge >= 0.3 is 0 Å². The Labute approximate surface area is 166 Å². The zero-order chi connectivity index (χ0) is 19.6. The summed E-state index contributed by atoms with van der Waals surface area (Å²) in [5.74, 6) is -1.08. The Kier molecular flexibility index (Phi) is 5.39. The Bertz CT molecular complexity index is 983. The number of aromatic hydroxyl groups is 1. The van der Waals surface area contributed by atoms with Crippen molar-refractivity contribution < 1.29 is 14.7 Å². The van der Waals surface area contributed by atoms with Crippen molar-refractivity contribution in [2.75, 3.05) is 4.90 Å². The first kappa shape index (κ1) is 18.8. The lowest BCUT2D eigenvalue weighted by molar-refractivity contribution is -0.122. The summed E-state index contributed by atoms with van der Waals surface area (Å²) < 4.78 is 0. The molecule has 1 saturated heterocycles. The van der Waals surface area contributed by atoms with Gasteiger partial charge in [0.25, 0.3) is 11.8 Å². The zero-order valence-electron chi connectivity index (χ0n) is 14.1. The maximum atomic E-state index is 13.0. The van der Waals surface area contributed by atoms with Crippen LogP contribution in [0.25, 0.3) is 6.08 Å². The molecule has 7 heteroatoms. The van der Waals surface area contributed by atoms with E-state index in [1.54, 1.807) is 48.5 Å². The summed E-state index contributed by atoms with van der Waals surface area (Å²) in [4.78, 5) is 26.6. The second-order valence-electron chi connectivity index (χ2n) is 5.77. The van der Waals surface area contributed by atoms with Crippen molar-refractivity contribution in [3.63, 3.8) is 0 Å². The minimum absolute atomic E-state index is 0.00769. The number of nitrogens with one attached hydrogen (secondary N) is 1. The Morgan fingerprint density at radius 2 is 1.89 bits per heavy atom. The first-order valence-corrected chi connectivity index (χ1v) is 8.79. The van der Waals surface area contributed by atoms with Gasteiger partial charge in [-0.3, -0.25) is 19.8 Å². The van der Waals surface area contributed by atoms with Gasteiger partial charge in [-0.05, 0) is 60.6 Å². The van der Waals surface area contributed by atoms with Crippen LogP contribution < -0.4 is 10.2 Å². The summed E-state index contributed by atoms with van der Waals surface area (Å²) in [6, 6.07) is 11.4. The topological polar surface area (TPSA) is 69.6 Å². The largest absolute Gasteiger partial charge is 0.508 e. The van der Waals surface area contributed by atoms with Crippen LogP contribution in [-0.4, -0.2) is 22.0 Å². The number of thiocarbonyl (C=S) groups is 1. The first-order valence-electron chi connectivity index (χ1n) is 8.01. The maximum absolute atomic E-state index is 13.0. The fraction of sp³-hybridized carbons (Fsp3) is 0.0500. The molecule has 1 aliphatic heterocycles. The number of benzene rings is 2. The van der Waals surface area contributed by atoms with Gasteiger partial charge < -0.3 is 5.11 Å². The summed E-state index contributed by atoms with van der Waals surface area (Å²) in [7, 11) is 0. The first-order chi connectivity index (χ1) is 12.9. The Balaban J connectivity index is 2.06. The lowest BCUT2D eigenvalue weighted by Gasteiger charge is -2.29. The number of nitrogens with zero attached hydrogens (tertiary/aromatic N) is 1. The lowest BCUT2D eigenvalue weighted by atomic mass is 9.99. The third kappa shape index (κ3) is 3.77. The van der Waals surface area contributed by atoms with Gasteiger partial charge in [-0.25, -0.2) is 0 Å². The summed E-state index contributed by atoms with van der Waals surface area (Å²) in [5.41, 5.74) is 1.53. The molecular weight excluding hydrogens is 384 g/mol. The number of carbonyl (C=O) groups excluding carboxylic acids is 2. The standard InChI is InChI=1S/C20H15ClN2O3S/c1-2-4-15-12(5-3-6-17(15)24)11-16-18(25)22-20(27)23(19(16)26)14-9-7-13(21)8-10-14/h2-3,5-11,24H,1,4H2,(H,22,25,27)/b16-11-. The number of rotatable bonds is 4. The number of phenolic OH excluding ortho intramolecular Hbond substituents is 1. The van der Waals surface area contributed by atoms with Crippen molar-refractivity contribution in [3.8, 4) is 5.75 Å². The molecule has 136 valence electrons. The molecule has 2 aromatic carbocycles. The van der Waals surface area contributed by atoms with Crippen molar-refractivity contribution in [2.45, 2.75) is 6.42 Å². The number of anilines is 1. The van der Waals surface area contributed by atoms with Gasteiger partial charge in [0.1, 0.15) is 11.3 Å². The minimum atomic E-state index is -0.594. The van der Waals surface area contributed by atoms with Crippen LogP contribution in [0.4, 0.5) is 5.69 Å². The highest BCUT2D eigenvalue weighted by molar-refractivity contribution is 7.80. The molecule has 0 aliphatic carbocycles. The zero-order valence-corrected chi connectivity index (χ0v) is 15.7. The predicted octanol–water partition coefficient (Wildman–Crippen LogP) is 3.61. The lowest BCUT2D eigenvalue weighted by Crippen LogP contribution is -2.54. The van der Waals surface area contributed by atoms with E-state index in [9.17, 15) is 14.7 Å². The predicted molar refractivity (Wildman–Crippen MR) is 110 cm³/mol. The summed E-state index contributed by atoms with van der Waals surface area (Å²) in [6.45, 7) is 3.67. The second-order valence-corrected chi connectivity index (χ2v) is 6.60. The average molecular weight is 399 g/mol. The van der Waals surface area contributed by atoms with Gasteiger partial charge in [0.2, 0.25) is 0 Å². The Morgan fingerprint density at radius 1 is 1.19 bits per heavy atom. The molecule has 1 fully saturated rings. The fourth-order valence-corrected chi connectivity index (χ4v) is 3.14. The van der Waals surface area contributed by atoms with Crippen molar-refractivity contribution in [1.29, 1.82) is 0 Å². The van der Waals surface area contributed by atoms with E-state index in [4.69, 9.17) is 23.8 Å². The van der Waals surface area contributed by atoms with Crippen molar-refractivity contribution in [1.82, 2.24) is 5.32 Å². The number of allylic oxidation sites excluding steroid dienone is 1. The Morgan fingerprint density at radius 3 is 2.56 bits per heavy atom. The number of carbonyl (C=O) groups is 2. The van der Waals surface area contributed by atoms with Crippen LogP contribution in [0.3, 0.4) is 0 Å². The SMILES string of the molecule is C=CCc1c(O)cccc1/C=C1/C(=O)NC(=S)N(c2ccc(Cl)cc2)C1=O. The molecule has 0 aromatic heterocycles. The quantitative estimate of drug-likeness (QED) is 0.357. The molecule has 27 heavy (non-hydrogen) atoms. The molecule has 1 heterocycles. The van der Waals surface area contributed by atoms with Gasteiger partial charge in [0, 0.05) is 10.6 Å². The van der Waals surface area contributed by atoms with E-state index in [0.717, 1.165) is 0 Å². The number of halogens is 1. The van der Waals surface area contributed by atoms with Gasteiger partial charge in [-0.1, -0.05) is 29.8 Å². The average Bonchev–Trinajstić information content (AvgIpc) is 2.62. The molecule has 0 unspecified atom stereocenters. The van der Waals surface area contributed by atoms with Crippen molar-refractivity contribution in [3.05, 3.63) is 76.8 Å². The minimum Gasteiger partial charge on any atom is -0.508 e. The van der Waals surface area contributed by atoms with Crippen LogP contribution in [0.2, 0.25) is 5.02 Å². The molecule has 2 aromatic rings. The van der Waals surface area contributed by atoms with Crippen LogP contribution in [0.15, 0.2) is 60.7 Å². The summed E-state index contributed by atoms with van der Waals surface area (Å²) in [5, 5.41) is 13.1. The van der Waals surface area contributed by atoms with Crippen LogP contribution in [-0.2, 0) is 16.0 Å². The number of phenols is 1. The van der Waals surface area contributed by atoms with Gasteiger partial charge in [0.05, 0.1) is 5.69 Å². The molecule has 0 spiro atoms. The number of hydrogen-bond donors (Lipinski definition) is 2. The molecule has 5 nitrogen and oxygen atoms in total.